The first kappa shape index (κ1) is 14.5. The van der Waals surface area contributed by atoms with E-state index in [4.69, 9.17) is 17.3 Å². The van der Waals surface area contributed by atoms with Gasteiger partial charge in [-0.15, -0.1) is 0 Å². The number of benzene rings is 1. The largest absolute Gasteiger partial charge is 0.366 e. The fourth-order valence-electron chi connectivity index (χ4n) is 1.52. The zero-order valence-corrected chi connectivity index (χ0v) is 12.4. The van der Waals surface area contributed by atoms with E-state index in [2.05, 4.69) is 26.2 Å². The molecule has 0 bridgehead atoms. The fourth-order valence-corrected chi connectivity index (χ4v) is 2.00. The minimum atomic E-state index is -0.596. The Morgan fingerprint density at radius 2 is 1.95 bits per heavy atom. The molecule has 7 heteroatoms. The Hall–Kier alpha value is -1.92. The average Bonchev–Trinajstić information content (AvgIpc) is 2.43. The smallest absolute Gasteiger partial charge is 0.255 e. The van der Waals surface area contributed by atoms with Gasteiger partial charge in [-0.25, -0.2) is 4.98 Å². The molecule has 0 saturated carbocycles. The SMILES string of the molecule is NC(=O)c1cccc(C(=O)Nc2cc(Br)cnc2Cl)c1. The van der Waals surface area contributed by atoms with E-state index >= 15 is 0 Å². The number of amides is 2. The minimum absolute atomic E-state index is 0.174. The molecule has 3 N–H and O–H groups in total. The number of halogens is 2. The Morgan fingerprint density at radius 3 is 2.65 bits per heavy atom. The molecule has 1 heterocycles. The maximum atomic E-state index is 12.1. The average molecular weight is 355 g/mol. The molecule has 2 rings (SSSR count). The van der Waals surface area contributed by atoms with Gasteiger partial charge >= 0.3 is 0 Å². The number of nitrogens with zero attached hydrogens (tertiary/aromatic N) is 1. The van der Waals surface area contributed by atoms with Crippen molar-refractivity contribution in [1.29, 1.82) is 0 Å². The van der Waals surface area contributed by atoms with E-state index in [0.717, 1.165) is 0 Å². The molecule has 5 nitrogen and oxygen atoms in total. The summed E-state index contributed by atoms with van der Waals surface area (Å²) in [7, 11) is 0. The number of hydrogen-bond acceptors (Lipinski definition) is 3. The summed E-state index contributed by atoms with van der Waals surface area (Å²) in [6, 6.07) is 7.73. The highest BCUT2D eigenvalue weighted by atomic mass is 79.9. The predicted octanol–water partition coefficient (Wildman–Crippen LogP) is 2.85. The number of nitrogens with one attached hydrogen (secondary N) is 1. The van der Waals surface area contributed by atoms with E-state index in [1.165, 1.54) is 18.3 Å². The summed E-state index contributed by atoms with van der Waals surface area (Å²) in [6.45, 7) is 0. The van der Waals surface area contributed by atoms with Crippen molar-refractivity contribution in [2.24, 2.45) is 5.73 Å². The van der Waals surface area contributed by atoms with Gasteiger partial charge < -0.3 is 11.1 Å². The number of hydrogen-bond donors (Lipinski definition) is 2. The first-order chi connectivity index (χ1) is 9.47. The van der Waals surface area contributed by atoms with Crippen molar-refractivity contribution in [3.05, 3.63) is 57.3 Å². The molecule has 0 aliphatic heterocycles. The van der Waals surface area contributed by atoms with E-state index in [-0.39, 0.29) is 10.7 Å². The molecule has 0 unspecified atom stereocenters. The van der Waals surface area contributed by atoms with Gasteiger partial charge in [0.25, 0.3) is 5.91 Å². The quantitative estimate of drug-likeness (QED) is 0.831. The van der Waals surface area contributed by atoms with Crippen LogP contribution in [-0.2, 0) is 0 Å². The Bertz CT molecular complexity index is 691. The number of pyridine rings is 1. The number of primary amides is 1. The second-order valence-corrected chi connectivity index (χ2v) is 5.16. The molecule has 0 spiro atoms. The van der Waals surface area contributed by atoms with Crippen molar-refractivity contribution in [3.63, 3.8) is 0 Å². The van der Waals surface area contributed by atoms with Gasteiger partial charge in [-0.3, -0.25) is 9.59 Å². The van der Waals surface area contributed by atoms with Crippen molar-refractivity contribution in [2.75, 3.05) is 5.32 Å². The van der Waals surface area contributed by atoms with Crippen LogP contribution in [0, 0.1) is 0 Å². The van der Waals surface area contributed by atoms with Crippen molar-refractivity contribution in [1.82, 2.24) is 4.98 Å². The van der Waals surface area contributed by atoms with Gasteiger partial charge in [0.2, 0.25) is 5.91 Å². The van der Waals surface area contributed by atoms with E-state index in [9.17, 15) is 9.59 Å². The molecule has 0 atom stereocenters. The summed E-state index contributed by atoms with van der Waals surface area (Å²) in [5.41, 5.74) is 6.11. The van der Waals surface area contributed by atoms with Gasteiger partial charge in [0, 0.05) is 21.8 Å². The lowest BCUT2D eigenvalue weighted by molar-refractivity contribution is 0.1000. The number of anilines is 1. The minimum Gasteiger partial charge on any atom is -0.366 e. The van der Waals surface area contributed by atoms with Crippen LogP contribution in [0.15, 0.2) is 41.0 Å². The van der Waals surface area contributed by atoms with Gasteiger partial charge in [-0.05, 0) is 40.2 Å². The normalized spacial score (nSPS) is 10.1. The highest BCUT2D eigenvalue weighted by Gasteiger charge is 2.11. The standard InChI is InChI=1S/C13H9BrClN3O2/c14-9-5-10(11(15)17-6-9)18-13(20)8-3-1-2-7(4-8)12(16)19/h1-6H,(H2,16,19)(H,18,20). The van der Waals surface area contributed by atoms with E-state index in [0.29, 0.717) is 15.7 Å². The molecule has 1 aromatic carbocycles. The summed E-state index contributed by atoms with van der Waals surface area (Å²) in [6.07, 6.45) is 1.52. The maximum Gasteiger partial charge on any atom is 0.255 e. The Morgan fingerprint density at radius 1 is 1.25 bits per heavy atom. The molecule has 102 valence electrons. The second-order valence-electron chi connectivity index (χ2n) is 3.89. The molecular formula is C13H9BrClN3O2. The molecule has 0 saturated heterocycles. The van der Waals surface area contributed by atoms with Crippen LogP contribution in [0.1, 0.15) is 20.7 Å². The number of aromatic nitrogens is 1. The van der Waals surface area contributed by atoms with Gasteiger partial charge in [0.15, 0.2) is 5.15 Å². The zero-order valence-electron chi connectivity index (χ0n) is 10.1. The molecule has 20 heavy (non-hydrogen) atoms. The van der Waals surface area contributed by atoms with Crippen LogP contribution in [0.25, 0.3) is 0 Å². The monoisotopic (exact) mass is 353 g/mol. The highest BCUT2D eigenvalue weighted by Crippen LogP contribution is 2.23. The lowest BCUT2D eigenvalue weighted by Gasteiger charge is -2.07. The predicted molar refractivity (Wildman–Crippen MR) is 79.9 cm³/mol. The van der Waals surface area contributed by atoms with Crippen LogP contribution in [-0.4, -0.2) is 16.8 Å². The van der Waals surface area contributed by atoms with Crippen molar-refractivity contribution >= 4 is 45.0 Å². The van der Waals surface area contributed by atoms with E-state index in [1.54, 1.807) is 18.2 Å². The Kier molecular flexibility index (Phi) is 4.36. The van der Waals surface area contributed by atoms with Gasteiger partial charge in [-0.2, -0.15) is 0 Å². The first-order valence-corrected chi connectivity index (χ1v) is 6.67. The number of rotatable bonds is 3. The van der Waals surface area contributed by atoms with Crippen LogP contribution >= 0.6 is 27.5 Å². The van der Waals surface area contributed by atoms with Crippen molar-refractivity contribution < 1.29 is 9.59 Å². The Balaban J connectivity index is 2.26. The molecule has 0 aliphatic rings. The van der Waals surface area contributed by atoms with E-state index in [1.807, 2.05) is 0 Å². The van der Waals surface area contributed by atoms with Crippen molar-refractivity contribution in [2.45, 2.75) is 0 Å². The third-order valence-electron chi connectivity index (χ3n) is 2.46. The topological polar surface area (TPSA) is 85.1 Å². The summed E-state index contributed by atoms with van der Waals surface area (Å²) in [5.74, 6) is -1.00. The molecule has 1 aromatic heterocycles. The summed E-state index contributed by atoms with van der Waals surface area (Å²) in [4.78, 5) is 27.1. The molecule has 0 fully saturated rings. The summed E-state index contributed by atoms with van der Waals surface area (Å²) >= 11 is 9.13. The molecular weight excluding hydrogens is 346 g/mol. The third kappa shape index (κ3) is 3.34. The highest BCUT2D eigenvalue weighted by molar-refractivity contribution is 9.10. The molecule has 2 amide bonds. The molecule has 0 radical (unpaired) electrons. The van der Waals surface area contributed by atoms with Crippen LogP contribution in [0.5, 0.6) is 0 Å². The lowest BCUT2D eigenvalue weighted by atomic mass is 10.1. The van der Waals surface area contributed by atoms with Crippen LogP contribution in [0.3, 0.4) is 0 Å². The second kappa shape index (κ2) is 6.02. The number of carbonyl (C=O) groups is 2. The number of nitrogens with two attached hydrogens (primary N) is 1. The van der Waals surface area contributed by atoms with Gasteiger partial charge in [0.1, 0.15) is 0 Å². The maximum absolute atomic E-state index is 12.1. The zero-order chi connectivity index (χ0) is 14.7. The van der Waals surface area contributed by atoms with Crippen LogP contribution in [0.2, 0.25) is 5.15 Å². The number of carbonyl (C=O) groups excluding carboxylic acids is 2. The Labute approximate surface area is 128 Å². The fraction of sp³-hybridized carbons (Fsp3) is 0. The van der Waals surface area contributed by atoms with Crippen molar-refractivity contribution in [3.8, 4) is 0 Å². The van der Waals surface area contributed by atoms with Gasteiger partial charge in [-0.1, -0.05) is 17.7 Å². The lowest BCUT2D eigenvalue weighted by Crippen LogP contribution is -2.15. The van der Waals surface area contributed by atoms with E-state index < -0.39 is 11.8 Å². The first-order valence-electron chi connectivity index (χ1n) is 5.49. The van der Waals surface area contributed by atoms with Crippen LogP contribution < -0.4 is 11.1 Å². The third-order valence-corrected chi connectivity index (χ3v) is 3.20. The van der Waals surface area contributed by atoms with Crippen LogP contribution in [0.4, 0.5) is 5.69 Å². The summed E-state index contributed by atoms with van der Waals surface area (Å²) in [5, 5.41) is 2.79. The molecule has 2 aromatic rings. The van der Waals surface area contributed by atoms with Gasteiger partial charge in [0.05, 0.1) is 5.69 Å². The molecule has 0 aliphatic carbocycles. The summed E-state index contributed by atoms with van der Waals surface area (Å²) < 4.78 is 0.683.